The molecule has 3 rings (SSSR count). The van der Waals surface area contributed by atoms with Crippen molar-refractivity contribution in [2.75, 3.05) is 36.4 Å². The van der Waals surface area contributed by atoms with Gasteiger partial charge in [0.15, 0.2) is 5.60 Å². The number of piperazine rings is 1. The van der Waals surface area contributed by atoms with E-state index in [9.17, 15) is 9.59 Å². The largest absolute Gasteiger partial charge is 0.478 e. The van der Waals surface area contributed by atoms with Gasteiger partial charge in [0, 0.05) is 37.1 Å². The maximum Gasteiger partial charge on any atom is 0.268 e. The average molecular weight is 478 g/mol. The summed E-state index contributed by atoms with van der Waals surface area (Å²) in [5, 5.41) is 4.12. The molecule has 0 radical (unpaired) electrons. The third-order valence-corrected chi connectivity index (χ3v) is 5.93. The van der Waals surface area contributed by atoms with Crippen LogP contribution < -0.4 is 15.0 Å². The maximum atomic E-state index is 13.1. The van der Waals surface area contributed by atoms with E-state index in [1.807, 2.05) is 24.8 Å². The first-order valence-corrected chi connectivity index (χ1v) is 11.4. The lowest BCUT2D eigenvalue weighted by atomic mass is 10.1. The smallest absolute Gasteiger partial charge is 0.268 e. The number of benzene rings is 2. The van der Waals surface area contributed by atoms with Crippen molar-refractivity contribution < 1.29 is 14.3 Å². The molecule has 32 heavy (non-hydrogen) atoms. The van der Waals surface area contributed by atoms with Gasteiger partial charge in [0.1, 0.15) is 5.75 Å². The summed E-state index contributed by atoms with van der Waals surface area (Å²) in [7, 11) is 0. The Kier molecular flexibility index (Phi) is 7.57. The van der Waals surface area contributed by atoms with Crippen LogP contribution in [0.2, 0.25) is 10.0 Å². The maximum absolute atomic E-state index is 13.1. The van der Waals surface area contributed by atoms with Crippen molar-refractivity contribution in [3.05, 3.63) is 52.5 Å². The fourth-order valence-electron chi connectivity index (χ4n) is 3.57. The van der Waals surface area contributed by atoms with Crippen LogP contribution in [0.3, 0.4) is 0 Å². The number of para-hydroxylation sites is 1. The van der Waals surface area contributed by atoms with Crippen LogP contribution in [0.5, 0.6) is 5.75 Å². The Balaban J connectivity index is 1.74. The van der Waals surface area contributed by atoms with E-state index in [0.717, 1.165) is 5.69 Å². The van der Waals surface area contributed by atoms with Gasteiger partial charge < -0.3 is 19.9 Å². The van der Waals surface area contributed by atoms with Gasteiger partial charge in [-0.1, -0.05) is 43.1 Å². The monoisotopic (exact) mass is 477 g/mol. The van der Waals surface area contributed by atoms with Gasteiger partial charge in [-0.2, -0.15) is 0 Å². The number of halogens is 2. The van der Waals surface area contributed by atoms with E-state index in [-0.39, 0.29) is 17.7 Å². The third-order valence-electron chi connectivity index (χ3n) is 5.37. The van der Waals surface area contributed by atoms with Crippen LogP contribution >= 0.6 is 23.2 Å². The first-order valence-electron chi connectivity index (χ1n) is 10.7. The zero-order valence-electron chi connectivity index (χ0n) is 18.8. The predicted molar refractivity (Wildman–Crippen MR) is 130 cm³/mol. The molecule has 0 atom stereocenters. The van der Waals surface area contributed by atoms with Crippen molar-refractivity contribution in [2.24, 2.45) is 5.92 Å². The number of anilines is 2. The lowest BCUT2D eigenvalue weighted by Gasteiger charge is -2.38. The molecule has 1 aliphatic rings. The molecule has 0 aromatic heterocycles. The van der Waals surface area contributed by atoms with Crippen LogP contribution in [0.1, 0.15) is 27.7 Å². The quantitative estimate of drug-likeness (QED) is 0.628. The summed E-state index contributed by atoms with van der Waals surface area (Å²) in [6.45, 7) is 9.72. The second kappa shape index (κ2) is 10.0. The molecule has 2 aromatic rings. The first-order chi connectivity index (χ1) is 15.1. The number of hydrogen-bond donors (Lipinski definition) is 1. The molecule has 0 bridgehead atoms. The highest BCUT2D eigenvalue weighted by Crippen LogP contribution is 2.35. The van der Waals surface area contributed by atoms with Gasteiger partial charge in [0.2, 0.25) is 5.91 Å². The Hall–Kier alpha value is -2.44. The molecule has 2 aromatic carbocycles. The molecule has 0 spiro atoms. The Bertz CT molecular complexity index is 969. The molecule has 0 aliphatic carbocycles. The van der Waals surface area contributed by atoms with E-state index in [4.69, 9.17) is 27.9 Å². The molecular formula is C24H29Cl2N3O3. The molecule has 6 nitrogen and oxygen atoms in total. The topological polar surface area (TPSA) is 61.9 Å². The summed E-state index contributed by atoms with van der Waals surface area (Å²) in [6.07, 6.45) is 0. The van der Waals surface area contributed by atoms with Crippen LogP contribution in [-0.2, 0) is 9.59 Å². The van der Waals surface area contributed by atoms with E-state index >= 15 is 0 Å². The standard InChI is InChI=1S/C24H29Cl2N3O3/c1-16(2)22(30)29-14-12-28(13-15-29)21-19(26)6-5-7-20(21)27-23(31)24(3,4)32-18-10-8-17(25)9-11-18/h5-11,16H,12-15H2,1-4H3,(H,27,31). The number of hydrogen-bond acceptors (Lipinski definition) is 4. The van der Waals surface area contributed by atoms with E-state index in [0.29, 0.717) is 47.7 Å². The van der Waals surface area contributed by atoms with E-state index < -0.39 is 5.60 Å². The normalized spacial score (nSPS) is 14.5. The van der Waals surface area contributed by atoms with E-state index in [1.54, 1.807) is 50.2 Å². The summed E-state index contributed by atoms with van der Waals surface area (Å²) < 4.78 is 5.91. The van der Waals surface area contributed by atoms with Gasteiger partial charge in [-0.15, -0.1) is 0 Å². The molecule has 8 heteroatoms. The lowest BCUT2D eigenvalue weighted by molar-refractivity contribution is -0.134. The van der Waals surface area contributed by atoms with Gasteiger partial charge in [-0.25, -0.2) is 0 Å². The zero-order chi connectivity index (χ0) is 23.5. The first kappa shape index (κ1) is 24.2. The molecule has 2 amide bonds. The van der Waals surface area contributed by atoms with Crippen molar-refractivity contribution in [3.8, 4) is 5.75 Å². The number of rotatable bonds is 6. The Morgan fingerprint density at radius 3 is 2.22 bits per heavy atom. The van der Waals surface area contributed by atoms with Crippen LogP contribution in [0, 0.1) is 5.92 Å². The van der Waals surface area contributed by atoms with Crippen molar-refractivity contribution in [1.82, 2.24) is 4.90 Å². The summed E-state index contributed by atoms with van der Waals surface area (Å²) in [4.78, 5) is 29.4. The molecule has 1 fully saturated rings. The van der Waals surface area contributed by atoms with Crippen molar-refractivity contribution in [2.45, 2.75) is 33.3 Å². The molecule has 1 aliphatic heterocycles. The summed E-state index contributed by atoms with van der Waals surface area (Å²) in [5.74, 6) is 0.370. The van der Waals surface area contributed by atoms with Crippen LogP contribution in [0.4, 0.5) is 11.4 Å². The van der Waals surface area contributed by atoms with Crippen LogP contribution in [0.15, 0.2) is 42.5 Å². The van der Waals surface area contributed by atoms with Gasteiger partial charge in [0.25, 0.3) is 5.91 Å². The molecule has 0 unspecified atom stereocenters. The lowest BCUT2D eigenvalue weighted by Crippen LogP contribution is -2.50. The fraction of sp³-hybridized carbons (Fsp3) is 0.417. The molecule has 1 saturated heterocycles. The van der Waals surface area contributed by atoms with Crippen LogP contribution in [-0.4, -0.2) is 48.5 Å². The number of nitrogens with one attached hydrogen (secondary N) is 1. The van der Waals surface area contributed by atoms with Crippen molar-refractivity contribution in [3.63, 3.8) is 0 Å². The highest BCUT2D eigenvalue weighted by molar-refractivity contribution is 6.34. The van der Waals surface area contributed by atoms with Gasteiger partial charge in [-0.3, -0.25) is 9.59 Å². The number of amides is 2. The van der Waals surface area contributed by atoms with E-state index in [2.05, 4.69) is 10.2 Å². The van der Waals surface area contributed by atoms with Gasteiger partial charge >= 0.3 is 0 Å². The number of ether oxygens (including phenoxy) is 1. The highest BCUT2D eigenvalue weighted by atomic mass is 35.5. The molecular weight excluding hydrogens is 449 g/mol. The number of carbonyl (C=O) groups is 2. The summed E-state index contributed by atoms with van der Waals surface area (Å²) in [6, 6.07) is 12.3. The molecule has 1 N–H and O–H groups in total. The average Bonchev–Trinajstić information content (AvgIpc) is 2.75. The van der Waals surface area contributed by atoms with E-state index in [1.165, 1.54) is 0 Å². The van der Waals surface area contributed by atoms with Gasteiger partial charge in [-0.05, 0) is 50.2 Å². The Labute approximate surface area is 199 Å². The summed E-state index contributed by atoms with van der Waals surface area (Å²) in [5.41, 5.74) is 0.232. The van der Waals surface area contributed by atoms with Gasteiger partial charge in [0.05, 0.1) is 16.4 Å². The fourth-order valence-corrected chi connectivity index (χ4v) is 3.99. The van der Waals surface area contributed by atoms with Crippen LogP contribution in [0.25, 0.3) is 0 Å². The minimum absolute atomic E-state index is 0.0282. The third kappa shape index (κ3) is 5.67. The minimum atomic E-state index is -1.13. The van der Waals surface area contributed by atoms with Crippen molar-refractivity contribution >= 4 is 46.4 Å². The Morgan fingerprint density at radius 2 is 1.62 bits per heavy atom. The predicted octanol–water partition coefficient (Wildman–Crippen LogP) is 5.09. The van der Waals surface area contributed by atoms with Crippen molar-refractivity contribution in [1.29, 1.82) is 0 Å². The summed E-state index contributed by atoms with van der Waals surface area (Å²) >= 11 is 12.5. The zero-order valence-corrected chi connectivity index (χ0v) is 20.3. The SMILES string of the molecule is CC(C)C(=O)N1CCN(c2c(Cl)cccc2NC(=O)C(C)(C)Oc2ccc(Cl)cc2)CC1. The number of carbonyl (C=O) groups excluding carboxylic acids is 2. The minimum Gasteiger partial charge on any atom is -0.478 e. The molecule has 172 valence electrons. The molecule has 0 saturated carbocycles. The second-order valence-corrected chi connectivity index (χ2v) is 9.47. The number of nitrogens with zero attached hydrogens (tertiary/aromatic N) is 2. The molecule has 1 heterocycles. The highest BCUT2D eigenvalue weighted by Gasteiger charge is 2.32. The Morgan fingerprint density at radius 1 is 1.00 bits per heavy atom. The second-order valence-electron chi connectivity index (χ2n) is 8.62.